The van der Waals surface area contributed by atoms with Crippen LogP contribution in [0.5, 0.6) is 0 Å². The third kappa shape index (κ3) is 6.20. The number of halogens is 20. The van der Waals surface area contributed by atoms with Crippen molar-refractivity contribution in [2.75, 3.05) is 0 Å². The number of nitrogens with zero attached hydrogens (tertiary/aromatic N) is 4. The molecule has 0 N–H and O–H groups in total. The summed E-state index contributed by atoms with van der Waals surface area (Å²) in [5.74, 6) is -52.8. The molecular formula is C44H8F20N4Po. The number of rotatable bonds is 4. The molecule has 6 heterocycles. The maximum atomic E-state index is 16.1. The molecule has 69 heavy (non-hydrogen) atoms. The van der Waals surface area contributed by atoms with Crippen LogP contribution >= 0.6 is 0 Å². The summed E-state index contributed by atoms with van der Waals surface area (Å²) >= 11 is -3.93. The van der Waals surface area contributed by atoms with Crippen LogP contribution in [0.4, 0.5) is 87.8 Å². The van der Waals surface area contributed by atoms with Gasteiger partial charge in [0.05, 0.1) is 0 Å². The number of aromatic nitrogens is 2. The summed E-state index contributed by atoms with van der Waals surface area (Å²) in [6.07, 6.45) is 2.67. The van der Waals surface area contributed by atoms with Crippen LogP contribution < -0.4 is 10.7 Å². The van der Waals surface area contributed by atoms with Crippen LogP contribution in [0.2, 0.25) is 0 Å². The van der Waals surface area contributed by atoms with Crippen molar-refractivity contribution in [3.8, 4) is 0 Å². The maximum absolute atomic E-state index is 16.1. The van der Waals surface area contributed by atoms with Crippen molar-refractivity contribution in [3.05, 3.63) is 221 Å². The average molecular weight is 1180 g/mol. The van der Waals surface area contributed by atoms with Gasteiger partial charge in [0.15, 0.2) is 0 Å². The van der Waals surface area contributed by atoms with E-state index >= 15 is 70.2 Å². The van der Waals surface area contributed by atoms with Gasteiger partial charge in [-0.1, -0.05) is 0 Å². The van der Waals surface area contributed by atoms with Crippen molar-refractivity contribution >= 4 is 57.9 Å². The fourth-order valence-electron chi connectivity index (χ4n) is 7.97. The van der Waals surface area contributed by atoms with E-state index in [2.05, 4.69) is 9.98 Å². The van der Waals surface area contributed by atoms with Crippen LogP contribution in [-0.2, 0) is 0 Å². The molecule has 0 amide bonds. The first kappa shape index (κ1) is 45.7. The number of hydrogen-bond donors (Lipinski definition) is 0. The molecule has 2 aromatic heterocycles. The van der Waals surface area contributed by atoms with Crippen molar-refractivity contribution in [1.29, 1.82) is 0 Å². The van der Waals surface area contributed by atoms with E-state index in [1.54, 1.807) is 0 Å². The molecule has 4 aromatic carbocycles. The Bertz CT molecular complexity index is 3460. The molecule has 0 spiro atoms. The second-order valence-electron chi connectivity index (χ2n) is 14.6. The van der Waals surface area contributed by atoms with Gasteiger partial charge in [0, 0.05) is 0 Å². The number of hydrogen-bond acceptors (Lipinski definition) is 2. The minimum atomic E-state index is -3.93. The Hall–Kier alpha value is -7.02. The predicted octanol–water partition coefficient (Wildman–Crippen LogP) is 9.97. The molecule has 10 rings (SSSR count). The van der Waals surface area contributed by atoms with Crippen LogP contribution in [0.25, 0.3) is 22.3 Å². The summed E-state index contributed by atoms with van der Waals surface area (Å²) in [6.45, 7) is 0. The molecule has 4 nitrogen and oxygen atoms in total. The molecule has 4 aliphatic rings. The monoisotopic (exact) mass is 1180 g/mol. The van der Waals surface area contributed by atoms with Crippen LogP contribution in [0.15, 0.2) is 69.9 Å². The number of aliphatic imine (C=N–C) groups is 2. The summed E-state index contributed by atoms with van der Waals surface area (Å²) in [4.78, 5) is 8.07. The summed E-state index contributed by atoms with van der Waals surface area (Å²) < 4.78 is 309. The Labute approximate surface area is 380 Å². The van der Waals surface area contributed by atoms with Crippen LogP contribution in [0, 0.1) is 116 Å². The van der Waals surface area contributed by atoms with Crippen LogP contribution in [0.1, 0.15) is 33.6 Å². The van der Waals surface area contributed by atoms with Gasteiger partial charge in [-0.3, -0.25) is 0 Å². The van der Waals surface area contributed by atoms with E-state index in [4.69, 9.17) is 0 Å². The fourth-order valence-corrected chi connectivity index (χ4v) is 12.3. The number of benzene rings is 4. The van der Waals surface area contributed by atoms with Crippen molar-refractivity contribution in [2.24, 2.45) is 9.98 Å². The Morgan fingerprint density at radius 1 is 0.275 bits per heavy atom. The normalized spacial score (nSPS) is 15.1. The Kier molecular flexibility index (Phi) is 10.4. The average Bonchev–Trinajstić information content (AvgIpc) is 4.17. The standard InChI is InChI=1S/C44H8F20N4.Po/c45-25-21(26(46)34(54)41(61)33(25)53)17-9-1-2-10(65-9)18(22-27(47)35(55)42(62)36(56)28(22)48)12-5-6-14(67-12)20(24-31(51)39(59)44(64)40(60)32(24)52)16-8-7-15(68-16)19(13-4-3-11(17)66-13)23-29(49)37(57)43(63)38(58)30(23)50;/h1-8H;/q-2;+2. The van der Waals surface area contributed by atoms with Crippen molar-refractivity contribution in [1.82, 2.24) is 4.93 Å². The molecule has 0 radical (unpaired) electrons. The molecule has 350 valence electrons. The van der Waals surface area contributed by atoms with E-state index in [0.717, 1.165) is 24.3 Å². The van der Waals surface area contributed by atoms with Gasteiger partial charge in [-0.25, -0.2) is 0 Å². The number of fused-ring (bicyclic) bond motifs is 2. The molecular weight excluding hydrogens is 1170 g/mol. The van der Waals surface area contributed by atoms with Gasteiger partial charge < -0.3 is 0 Å². The first-order chi connectivity index (χ1) is 32.6. The van der Waals surface area contributed by atoms with E-state index < -0.39 is 230 Å². The minimum absolute atomic E-state index is 0.666. The van der Waals surface area contributed by atoms with Crippen LogP contribution in [-0.4, -0.2) is 40.5 Å². The van der Waals surface area contributed by atoms with E-state index in [0.29, 0.717) is 29.2 Å². The molecule has 0 saturated heterocycles. The summed E-state index contributed by atoms with van der Waals surface area (Å²) in [5.41, 5.74) is -17.9. The van der Waals surface area contributed by atoms with Gasteiger partial charge in [-0.05, 0) is 0 Å². The van der Waals surface area contributed by atoms with E-state index in [1.807, 2.05) is 0 Å². The summed E-state index contributed by atoms with van der Waals surface area (Å²) in [7, 11) is 0. The Morgan fingerprint density at radius 3 is 0.797 bits per heavy atom. The zero-order valence-corrected chi connectivity index (χ0v) is 35.5. The van der Waals surface area contributed by atoms with Gasteiger partial charge in [0.25, 0.3) is 0 Å². The first-order valence-electron chi connectivity index (χ1n) is 18.6. The SMILES string of the molecule is Fc1c(F)c(F)c(C2=C3C=CC(=N3)C(c3c(F)c(F)c(F)c(F)c3F)=c3ccc4[n]3[Po][n]3c2ccc3C(c2c(F)c(F)c(F)c(F)c2F)=C2C=CC(=N2)C=4c2c(F)c(F)c(F)c(F)c2F)c(F)c1F. The van der Waals surface area contributed by atoms with Gasteiger partial charge in [-0.2, -0.15) is 0 Å². The van der Waals surface area contributed by atoms with Gasteiger partial charge in [-0.15, -0.1) is 0 Å². The summed E-state index contributed by atoms with van der Waals surface area (Å²) in [6, 6.07) is 2.94. The predicted molar refractivity (Wildman–Crippen MR) is 200 cm³/mol. The number of allylic oxidation sites excluding steroid dienone is 4. The molecule has 0 fully saturated rings. The molecule has 0 aliphatic carbocycles. The fraction of sp³-hybridized carbons (Fsp3) is 0. The first-order valence-corrected chi connectivity index (χ1v) is 21.4. The Balaban J connectivity index is 1.52. The van der Waals surface area contributed by atoms with E-state index in [-0.39, 0.29) is 0 Å². The molecule has 0 saturated carbocycles. The molecule has 6 bridgehead atoms. The van der Waals surface area contributed by atoms with Gasteiger partial charge in [0.1, 0.15) is 0 Å². The van der Waals surface area contributed by atoms with E-state index in [1.165, 1.54) is 0 Å². The van der Waals surface area contributed by atoms with Crippen molar-refractivity contribution in [2.45, 2.75) is 0 Å². The molecule has 6 aromatic rings. The zero-order chi connectivity index (χ0) is 49.7. The van der Waals surface area contributed by atoms with Crippen LogP contribution in [0.3, 0.4) is 0 Å². The second kappa shape index (κ2) is 15.8. The van der Waals surface area contributed by atoms with E-state index in [9.17, 15) is 17.6 Å². The third-order valence-corrected chi connectivity index (χ3v) is 15.3. The zero-order valence-electron chi connectivity index (χ0n) is 32.4. The third-order valence-electron chi connectivity index (χ3n) is 11.0. The Morgan fingerprint density at radius 2 is 0.522 bits per heavy atom. The topological polar surface area (TPSA) is 34.6 Å². The van der Waals surface area contributed by atoms with Crippen molar-refractivity contribution in [3.63, 3.8) is 0 Å². The van der Waals surface area contributed by atoms with Gasteiger partial charge in [0.2, 0.25) is 0 Å². The van der Waals surface area contributed by atoms with Crippen molar-refractivity contribution < 1.29 is 87.8 Å². The van der Waals surface area contributed by atoms with Gasteiger partial charge >= 0.3 is 381 Å². The summed E-state index contributed by atoms with van der Waals surface area (Å²) in [5, 5.41) is -1.70. The second-order valence-corrected chi connectivity index (χ2v) is 18.1. The quantitative estimate of drug-likeness (QED) is 0.0959. The molecule has 4 aliphatic heterocycles. The molecule has 0 atom stereocenters. The molecule has 0 unspecified atom stereocenters. The molecule has 25 heteroatoms.